The number of hydrogen-bond acceptors (Lipinski definition) is 0. The standard InChI is InChI=1S/C25H50/c1-8-11-12-13-14-15-17-19(4)25-22(7)23(10-3)18-20(5)21(6)24(25)16-9-2/h19-25H,8-18H2,1-7H3. The van der Waals surface area contributed by atoms with E-state index < -0.39 is 0 Å². The highest BCUT2D eigenvalue weighted by atomic mass is 14.5. The molecule has 0 aliphatic heterocycles. The summed E-state index contributed by atoms with van der Waals surface area (Å²) in [6.07, 6.45) is 15.8. The smallest absolute Gasteiger partial charge is 0.0329 e. The van der Waals surface area contributed by atoms with Gasteiger partial charge in [0, 0.05) is 0 Å². The first-order chi connectivity index (χ1) is 12.0. The Labute approximate surface area is 160 Å². The first-order valence-electron chi connectivity index (χ1n) is 12.0. The van der Waals surface area contributed by atoms with Crippen LogP contribution in [0.25, 0.3) is 0 Å². The summed E-state index contributed by atoms with van der Waals surface area (Å²) in [4.78, 5) is 0. The summed E-state index contributed by atoms with van der Waals surface area (Å²) in [5, 5.41) is 0. The minimum atomic E-state index is 0.912. The molecule has 150 valence electrons. The fraction of sp³-hybridized carbons (Fsp3) is 1.00. The first-order valence-corrected chi connectivity index (χ1v) is 12.0. The van der Waals surface area contributed by atoms with Crippen LogP contribution in [0.5, 0.6) is 0 Å². The van der Waals surface area contributed by atoms with Crippen molar-refractivity contribution in [2.24, 2.45) is 41.4 Å². The first kappa shape index (κ1) is 23.0. The summed E-state index contributed by atoms with van der Waals surface area (Å²) >= 11 is 0. The lowest BCUT2D eigenvalue weighted by molar-refractivity contribution is 0.0916. The SMILES string of the molecule is CCCCCCCCC(C)C1C(C)C(CC)CC(C)C(C)C1CCC. The summed E-state index contributed by atoms with van der Waals surface area (Å²) in [5.74, 6) is 6.54. The quantitative estimate of drug-likeness (QED) is 0.258. The topological polar surface area (TPSA) is 0 Å². The fourth-order valence-corrected chi connectivity index (χ4v) is 6.09. The molecule has 0 N–H and O–H groups in total. The molecule has 1 fully saturated rings. The van der Waals surface area contributed by atoms with E-state index in [0.717, 1.165) is 41.4 Å². The van der Waals surface area contributed by atoms with Crippen LogP contribution in [0.15, 0.2) is 0 Å². The molecular formula is C25H50. The second kappa shape index (κ2) is 12.4. The van der Waals surface area contributed by atoms with Crippen molar-refractivity contribution < 1.29 is 0 Å². The lowest BCUT2D eigenvalue weighted by atomic mass is 9.66. The number of rotatable bonds is 11. The van der Waals surface area contributed by atoms with Crippen LogP contribution in [0.1, 0.15) is 119 Å². The molecule has 0 bridgehead atoms. The Morgan fingerprint density at radius 2 is 1.44 bits per heavy atom. The van der Waals surface area contributed by atoms with E-state index in [1.807, 2.05) is 0 Å². The highest BCUT2D eigenvalue weighted by Crippen LogP contribution is 2.49. The van der Waals surface area contributed by atoms with Crippen molar-refractivity contribution >= 4 is 0 Å². The van der Waals surface area contributed by atoms with Crippen LogP contribution in [0.3, 0.4) is 0 Å². The number of hydrogen-bond donors (Lipinski definition) is 0. The van der Waals surface area contributed by atoms with Crippen molar-refractivity contribution in [3.8, 4) is 0 Å². The largest absolute Gasteiger partial charge is 0.0654 e. The Hall–Kier alpha value is 0. The monoisotopic (exact) mass is 350 g/mol. The second-order valence-electron chi connectivity index (χ2n) is 9.66. The van der Waals surface area contributed by atoms with Gasteiger partial charge in [-0.05, 0) is 47.8 Å². The molecule has 0 nitrogen and oxygen atoms in total. The average molecular weight is 351 g/mol. The lowest BCUT2D eigenvalue weighted by Gasteiger charge is -2.40. The van der Waals surface area contributed by atoms with E-state index in [0.29, 0.717) is 0 Å². The van der Waals surface area contributed by atoms with Crippen LogP contribution in [-0.2, 0) is 0 Å². The summed E-state index contributed by atoms with van der Waals surface area (Å²) < 4.78 is 0. The van der Waals surface area contributed by atoms with E-state index in [9.17, 15) is 0 Å². The highest BCUT2D eigenvalue weighted by Gasteiger charge is 2.41. The van der Waals surface area contributed by atoms with Crippen molar-refractivity contribution in [3.05, 3.63) is 0 Å². The minimum absolute atomic E-state index is 0.912. The van der Waals surface area contributed by atoms with Gasteiger partial charge in [-0.1, -0.05) is 113 Å². The van der Waals surface area contributed by atoms with Crippen LogP contribution in [0.2, 0.25) is 0 Å². The maximum Gasteiger partial charge on any atom is -0.0329 e. The lowest BCUT2D eigenvalue weighted by Crippen LogP contribution is -2.33. The Bertz CT molecular complexity index is 320. The zero-order chi connectivity index (χ0) is 18.8. The molecule has 25 heavy (non-hydrogen) atoms. The normalized spacial score (nSPS) is 34.7. The maximum atomic E-state index is 2.62. The molecule has 0 aromatic rings. The van der Waals surface area contributed by atoms with Crippen molar-refractivity contribution in [1.82, 2.24) is 0 Å². The van der Waals surface area contributed by atoms with Gasteiger partial charge in [0.25, 0.3) is 0 Å². The van der Waals surface area contributed by atoms with E-state index in [1.165, 1.54) is 70.6 Å². The van der Waals surface area contributed by atoms with Crippen molar-refractivity contribution in [3.63, 3.8) is 0 Å². The van der Waals surface area contributed by atoms with E-state index >= 15 is 0 Å². The average Bonchev–Trinajstić information content (AvgIpc) is 2.68. The predicted molar refractivity (Wildman–Crippen MR) is 115 cm³/mol. The number of unbranched alkanes of at least 4 members (excludes halogenated alkanes) is 5. The van der Waals surface area contributed by atoms with Crippen molar-refractivity contribution in [2.75, 3.05) is 0 Å². The highest BCUT2D eigenvalue weighted by molar-refractivity contribution is 4.90. The second-order valence-corrected chi connectivity index (χ2v) is 9.66. The Balaban J connectivity index is 2.73. The molecule has 0 aromatic carbocycles. The third-order valence-corrected chi connectivity index (χ3v) is 7.91. The Kier molecular flexibility index (Phi) is 11.4. The fourth-order valence-electron chi connectivity index (χ4n) is 6.09. The molecule has 0 spiro atoms. The molecule has 7 atom stereocenters. The van der Waals surface area contributed by atoms with Crippen LogP contribution >= 0.6 is 0 Å². The van der Waals surface area contributed by atoms with Gasteiger partial charge in [0.2, 0.25) is 0 Å². The van der Waals surface area contributed by atoms with E-state index in [-0.39, 0.29) is 0 Å². The van der Waals surface area contributed by atoms with Gasteiger partial charge >= 0.3 is 0 Å². The third kappa shape index (κ3) is 6.91. The van der Waals surface area contributed by atoms with Crippen LogP contribution in [-0.4, -0.2) is 0 Å². The van der Waals surface area contributed by atoms with Gasteiger partial charge in [0.1, 0.15) is 0 Å². The summed E-state index contributed by atoms with van der Waals surface area (Å²) in [6.45, 7) is 17.5. The molecule has 0 heteroatoms. The summed E-state index contributed by atoms with van der Waals surface area (Å²) in [6, 6.07) is 0. The van der Waals surface area contributed by atoms with E-state index in [2.05, 4.69) is 48.5 Å². The van der Waals surface area contributed by atoms with Gasteiger partial charge in [-0.2, -0.15) is 0 Å². The van der Waals surface area contributed by atoms with E-state index in [1.54, 1.807) is 0 Å². The molecule has 1 rings (SSSR count). The minimum Gasteiger partial charge on any atom is -0.0654 e. The molecule has 0 saturated heterocycles. The molecule has 0 amide bonds. The van der Waals surface area contributed by atoms with Gasteiger partial charge in [-0.25, -0.2) is 0 Å². The maximum absolute atomic E-state index is 2.62. The zero-order valence-electron chi connectivity index (χ0n) is 18.8. The van der Waals surface area contributed by atoms with Crippen molar-refractivity contribution in [1.29, 1.82) is 0 Å². The van der Waals surface area contributed by atoms with Gasteiger partial charge in [0.05, 0.1) is 0 Å². The van der Waals surface area contributed by atoms with Gasteiger partial charge in [-0.15, -0.1) is 0 Å². The van der Waals surface area contributed by atoms with Crippen LogP contribution in [0.4, 0.5) is 0 Å². The van der Waals surface area contributed by atoms with Crippen molar-refractivity contribution in [2.45, 2.75) is 119 Å². The molecule has 1 saturated carbocycles. The molecule has 7 unspecified atom stereocenters. The van der Waals surface area contributed by atoms with Gasteiger partial charge in [-0.3, -0.25) is 0 Å². The third-order valence-electron chi connectivity index (χ3n) is 7.91. The van der Waals surface area contributed by atoms with Gasteiger partial charge in [0.15, 0.2) is 0 Å². The molecule has 0 heterocycles. The Morgan fingerprint density at radius 3 is 2.04 bits per heavy atom. The molecule has 0 radical (unpaired) electrons. The predicted octanol–water partition coefficient (Wildman–Crippen LogP) is 8.74. The molecular weight excluding hydrogens is 300 g/mol. The van der Waals surface area contributed by atoms with Gasteiger partial charge < -0.3 is 0 Å². The molecule has 1 aliphatic rings. The molecule has 0 aromatic heterocycles. The zero-order valence-corrected chi connectivity index (χ0v) is 18.8. The summed E-state index contributed by atoms with van der Waals surface area (Å²) in [7, 11) is 0. The van der Waals surface area contributed by atoms with Crippen LogP contribution in [0, 0.1) is 41.4 Å². The Morgan fingerprint density at radius 1 is 0.800 bits per heavy atom. The van der Waals surface area contributed by atoms with E-state index in [4.69, 9.17) is 0 Å². The molecule has 1 aliphatic carbocycles. The summed E-state index contributed by atoms with van der Waals surface area (Å²) in [5.41, 5.74) is 0. The van der Waals surface area contributed by atoms with Crippen LogP contribution < -0.4 is 0 Å².